The first-order chi connectivity index (χ1) is 19.1. The Morgan fingerprint density at radius 3 is 2.10 bits per heavy atom. The highest BCUT2D eigenvalue weighted by Gasteiger charge is 2.27. The SMILES string of the molecule is C/C(=N/NC(=O)CN(c1ccc(C)c(C)c1)S(=O)(=O)c1ccccc1)c1cccc(NC(=O)c2ccccc2)c1. The van der Waals surface area contributed by atoms with Crippen molar-refractivity contribution in [3.8, 4) is 0 Å². The lowest BCUT2D eigenvalue weighted by molar-refractivity contribution is -0.119. The molecule has 0 aromatic heterocycles. The van der Waals surface area contributed by atoms with Crippen LogP contribution in [0.3, 0.4) is 0 Å². The maximum atomic E-state index is 13.5. The van der Waals surface area contributed by atoms with Crippen molar-refractivity contribution in [2.75, 3.05) is 16.2 Å². The fourth-order valence-electron chi connectivity index (χ4n) is 3.91. The third-order valence-corrected chi connectivity index (χ3v) is 8.11. The summed E-state index contributed by atoms with van der Waals surface area (Å²) in [7, 11) is -4.03. The molecule has 0 atom stereocenters. The molecule has 0 aliphatic heterocycles. The predicted octanol–water partition coefficient (Wildman–Crippen LogP) is 5.29. The molecule has 0 spiro atoms. The van der Waals surface area contributed by atoms with E-state index in [9.17, 15) is 18.0 Å². The summed E-state index contributed by atoms with van der Waals surface area (Å²) in [5.74, 6) is -0.850. The van der Waals surface area contributed by atoms with Gasteiger partial charge in [0.25, 0.3) is 21.8 Å². The van der Waals surface area contributed by atoms with E-state index in [0.717, 1.165) is 15.4 Å². The van der Waals surface area contributed by atoms with Crippen molar-refractivity contribution in [2.45, 2.75) is 25.7 Å². The third-order valence-electron chi connectivity index (χ3n) is 6.32. The standard InChI is InChI=1S/C31H30N4O4S/c1-22-17-18-28(19-23(22)2)35(40(38,39)29-15-8-5-9-16-29)21-30(36)34-33-24(3)26-13-10-14-27(20-26)32-31(37)25-11-6-4-7-12-25/h4-20H,21H2,1-3H3,(H,32,37)(H,34,36)/b33-24-. The van der Waals surface area contributed by atoms with Crippen molar-refractivity contribution in [1.82, 2.24) is 5.43 Å². The van der Waals surface area contributed by atoms with Gasteiger partial charge in [0.05, 0.1) is 16.3 Å². The topological polar surface area (TPSA) is 108 Å². The van der Waals surface area contributed by atoms with Gasteiger partial charge in [-0.3, -0.25) is 13.9 Å². The number of anilines is 2. The molecule has 0 aliphatic carbocycles. The van der Waals surface area contributed by atoms with Gasteiger partial charge in [0, 0.05) is 11.3 Å². The minimum atomic E-state index is -4.03. The van der Waals surface area contributed by atoms with Crippen LogP contribution in [-0.2, 0) is 14.8 Å². The van der Waals surface area contributed by atoms with Gasteiger partial charge >= 0.3 is 0 Å². The number of aryl methyl sites for hydroxylation is 2. The van der Waals surface area contributed by atoms with E-state index in [1.807, 2.05) is 26.0 Å². The van der Waals surface area contributed by atoms with Crippen LogP contribution in [-0.4, -0.2) is 32.5 Å². The lowest BCUT2D eigenvalue weighted by Crippen LogP contribution is -2.39. The average molecular weight is 555 g/mol. The van der Waals surface area contributed by atoms with Crippen molar-refractivity contribution < 1.29 is 18.0 Å². The van der Waals surface area contributed by atoms with E-state index in [1.165, 1.54) is 12.1 Å². The minimum Gasteiger partial charge on any atom is -0.322 e. The zero-order valence-electron chi connectivity index (χ0n) is 22.5. The van der Waals surface area contributed by atoms with Gasteiger partial charge in [-0.2, -0.15) is 5.10 Å². The number of nitrogens with one attached hydrogen (secondary N) is 2. The maximum absolute atomic E-state index is 13.5. The molecule has 4 aromatic carbocycles. The van der Waals surface area contributed by atoms with Gasteiger partial charge in [-0.1, -0.05) is 54.6 Å². The average Bonchev–Trinajstić information content (AvgIpc) is 2.97. The predicted molar refractivity (Wildman–Crippen MR) is 158 cm³/mol. The normalized spacial score (nSPS) is 11.5. The number of sulfonamides is 1. The van der Waals surface area contributed by atoms with Gasteiger partial charge in [0.15, 0.2) is 0 Å². The molecule has 2 amide bonds. The summed E-state index contributed by atoms with van der Waals surface area (Å²) in [6, 6.07) is 29.2. The van der Waals surface area contributed by atoms with Gasteiger partial charge in [-0.05, 0) is 86.0 Å². The highest BCUT2D eigenvalue weighted by atomic mass is 32.2. The zero-order chi connectivity index (χ0) is 28.7. The molecule has 0 unspecified atom stereocenters. The molecule has 8 nitrogen and oxygen atoms in total. The van der Waals surface area contributed by atoms with Gasteiger partial charge in [0.1, 0.15) is 6.54 Å². The number of carbonyl (C=O) groups excluding carboxylic acids is 2. The van der Waals surface area contributed by atoms with E-state index in [-0.39, 0.29) is 10.8 Å². The number of nitrogens with zero attached hydrogens (tertiary/aromatic N) is 2. The van der Waals surface area contributed by atoms with E-state index < -0.39 is 22.5 Å². The second-order valence-corrected chi connectivity index (χ2v) is 11.1. The van der Waals surface area contributed by atoms with Gasteiger partial charge in [-0.25, -0.2) is 13.8 Å². The highest BCUT2D eigenvalue weighted by Crippen LogP contribution is 2.25. The highest BCUT2D eigenvalue weighted by molar-refractivity contribution is 7.92. The second-order valence-electron chi connectivity index (χ2n) is 9.23. The molecule has 40 heavy (non-hydrogen) atoms. The van der Waals surface area contributed by atoms with Gasteiger partial charge in [0.2, 0.25) is 0 Å². The monoisotopic (exact) mass is 554 g/mol. The van der Waals surface area contributed by atoms with Crippen LogP contribution in [0.1, 0.15) is 34.0 Å². The number of carbonyl (C=O) groups is 2. The Balaban J connectivity index is 1.51. The molecule has 0 bridgehead atoms. The number of hydrogen-bond acceptors (Lipinski definition) is 5. The quantitative estimate of drug-likeness (QED) is 0.216. The van der Waals surface area contributed by atoms with Crippen molar-refractivity contribution in [3.05, 3.63) is 125 Å². The van der Waals surface area contributed by atoms with Crippen LogP contribution in [0.2, 0.25) is 0 Å². The lowest BCUT2D eigenvalue weighted by atomic mass is 10.1. The summed E-state index contributed by atoms with van der Waals surface area (Å²) in [6.07, 6.45) is 0. The Morgan fingerprint density at radius 1 is 0.775 bits per heavy atom. The molecule has 2 N–H and O–H groups in total. The molecule has 0 fully saturated rings. The van der Waals surface area contributed by atoms with Gasteiger partial charge in [-0.15, -0.1) is 0 Å². The molecule has 0 saturated carbocycles. The Morgan fingerprint density at radius 2 is 1.43 bits per heavy atom. The Kier molecular flexibility index (Phi) is 8.76. The van der Waals surface area contributed by atoms with Crippen LogP contribution in [0.15, 0.2) is 113 Å². The van der Waals surface area contributed by atoms with Crippen LogP contribution in [0, 0.1) is 13.8 Å². The minimum absolute atomic E-state index is 0.0788. The van der Waals surface area contributed by atoms with Crippen LogP contribution in [0.25, 0.3) is 0 Å². The molecule has 0 heterocycles. The van der Waals surface area contributed by atoms with Crippen molar-refractivity contribution in [1.29, 1.82) is 0 Å². The molecular formula is C31H30N4O4S. The molecule has 9 heteroatoms. The van der Waals surface area contributed by atoms with Crippen molar-refractivity contribution in [2.24, 2.45) is 5.10 Å². The maximum Gasteiger partial charge on any atom is 0.264 e. The van der Waals surface area contributed by atoms with E-state index >= 15 is 0 Å². The fourth-order valence-corrected chi connectivity index (χ4v) is 5.34. The molecule has 4 rings (SSSR count). The second kappa shape index (κ2) is 12.4. The third kappa shape index (κ3) is 6.81. The van der Waals surface area contributed by atoms with Crippen LogP contribution in [0.4, 0.5) is 11.4 Å². The Bertz CT molecular complexity index is 1650. The first-order valence-electron chi connectivity index (χ1n) is 12.6. The van der Waals surface area contributed by atoms with E-state index in [4.69, 9.17) is 0 Å². The van der Waals surface area contributed by atoms with Crippen molar-refractivity contribution >= 4 is 38.9 Å². The van der Waals surface area contributed by atoms with Crippen LogP contribution in [0.5, 0.6) is 0 Å². The number of amides is 2. The summed E-state index contributed by atoms with van der Waals surface area (Å²) in [4.78, 5) is 25.6. The van der Waals surface area contributed by atoms with E-state index in [2.05, 4.69) is 15.8 Å². The zero-order valence-corrected chi connectivity index (χ0v) is 23.3. The molecule has 0 aliphatic rings. The summed E-state index contributed by atoms with van der Waals surface area (Å²) in [5.41, 5.74) is 7.02. The molecule has 4 aromatic rings. The molecule has 204 valence electrons. The number of hydrogen-bond donors (Lipinski definition) is 2. The van der Waals surface area contributed by atoms with Crippen LogP contribution >= 0.6 is 0 Å². The Labute approximate surface area is 234 Å². The Hall–Kier alpha value is -4.76. The smallest absolute Gasteiger partial charge is 0.264 e. The van der Waals surface area contributed by atoms with Crippen molar-refractivity contribution in [3.63, 3.8) is 0 Å². The summed E-state index contributed by atoms with van der Waals surface area (Å²) < 4.78 is 28.1. The molecular weight excluding hydrogens is 524 g/mol. The number of rotatable bonds is 9. The lowest BCUT2D eigenvalue weighted by Gasteiger charge is -2.24. The summed E-state index contributed by atoms with van der Waals surface area (Å²) in [6.45, 7) is 5.06. The first kappa shape index (κ1) is 28.3. The van der Waals surface area contributed by atoms with Gasteiger partial charge < -0.3 is 5.32 Å². The summed E-state index contributed by atoms with van der Waals surface area (Å²) >= 11 is 0. The fraction of sp³-hybridized carbons (Fsp3) is 0.129. The molecule has 0 radical (unpaired) electrons. The largest absolute Gasteiger partial charge is 0.322 e. The van der Waals surface area contributed by atoms with E-state index in [1.54, 1.807) is 85.8 Å². The summed E-state index contributed by atoms with van der Waals surface area (Å²) in [5, 5.41) is 7.04. The first-order valence-corrected chi connectivity index (χ1v) is 14.0. The van der Waals surface area contributed by atoms with Crippen LogP contribution < -0.4 is 15.0 Å². The number of hydrazone groups is 1. The molecule has 0 saturated heterocycles. The van der Waals surface area contributed by atoms with E-state index in [0.29, 0.717) is 28.2 Å². The number of benzene rings is 4.